The summed E-state index contributed by atoms with van der Waals surface area (Å²) in [4.78, 5) is 2.64. The molecule has 1 aliphatic carbocycles. The Kier molecular flexibility index (Phi) is 6.06. The highest BCUT2D eigenvalue weighted by molar-refractivity contribution is 9.10. The second-order valence-corrected chi connectivity index (χ2v) is 7.13. The first-order chi connectivity index (χ1) is 9.60. The van der Waals surface area contributed by atoms with Crippen LogP contribution in [0.5, 0.6) is 0 Å². The zero-order valence-corrected chi connectivity index (χ0v) is 14.5. The first kappa shape index (κ1) is 16.0. The van der Waals surface area contributed by atoms with E-state index in [4.69, 9.17) is 0 Å². The first-order valence-corrected chi connectivity index (χ1v) is 8.56. The van der Waals surface area contributed by atoms with Crippen LogP contribution in [0.1, 0.15) is 44.7 Å². The molecule has 1 aromatic carbocycles. The molecule has 1 saturated carbocycles. The molecule has 0 amide bonds. The van der Waals surface area contributed by atoms with Crippen LogP contribution in [0.2, 0.25) is 0 Å². The lowest BCUT2D eigenvalue weighted by Gasteiger charge is -2.28. The van der Waals surface area contributed by atoms with Crippen LogP contribution in [-0.4, -0.2) is 31.1 Å². The number of halogens is 1. The predicted molar refractivity (Wildman–Crippen MR) is 90.0 cm³/mol. The van der Waals surface area contributed by atoms with Crippen molar-refractivity contribution in [1.29, 1.82) is 0 Å². The number of hydrogen-bond acceptors (Lipinski definition) is 2. The SMILES string of the molecule is CNC(CCN(CC1CC1)C(C)C)c1cccc(Br)c1. The third-order valence-electron chi connectivity index (χ3n) is 4.22. The smallest absolute Gasteiger partial charge is 0.0330 e. The van der Waals surface area contributed by atoms with E-state index in [1.807, 2.05) is 0 Å². The number of nitrogens with zero attached hydrogens (tertiary/aromatic N) is 1. The van der Waals surface area contributed by atoms with Gasteiger partial charge >= 0.3 is 0 Å². The van der Waals surface area contributed by atoms with Crippen LogP contribution in [0.4, 0.5) is 0 Å². The fourth-order valence-electron chi connectivity index (χ4n) is 2.69. The molecule has 1 aromatic rings. The fourth-order valence-corrected chi connectivity index (χ4v) is 3.11. The van der Waals surface area contributed by atoms with Crippen molar-refractivity contribution in [2.75, 3.05) is 20.1 Å². The number of benzene rings is 1. The third-order valence-corrected chi connectivity index (χ3v) is 4.72. The van der Waals surface area contributed by atoms with Crippen molar-refractivity contribution in [1.82, 2.24) is 10.2 Å². The summed E-state index contributed by atoms with van der Waals surface area (Å²) in [5.41, 5.74) is 1.37. The molecule has 1 N–H and O–H groups in total. The van der Waals surface area contributed by atoms with E-state index in [2.05, 4.69) is 71.3 Å². The lowest BCUT2D eigenvalue weighted by Crippen LogP contribution is -2.35. The highest BCUT2D eigenvalue weighted by Crippen LogP contribution is 2.30. The molecule has 1 atom stereocenters. The summed E-state index contributed by atoms with van der Waals surface area (Å²) in [5.74, 6) is 0.969. The molecule has 0 aromatic heterocycles. The largest absolute Gasteiger partial charge is 0.313 e. The molecular formula is C17H27BrN2. The predicted octanol–water partition coefficient (Wildman–Crippen LogP) is 4.22. The van der Waals surface area contributed by atoms with Crippen molar-refractivity contribution in [2.24, 2.45) is 5.92 Å². The molecule has 20 heavy (non-hydrogen) atoms. The van der Waals surface area contributed by atoms with Crippen molar-refractivity contribution in [3.8, 4) is 0 Å². The molecule has 112 valence electrons. The van der Waals surface area contributed by atoms with Gasteiger partial charge in [0, 0.05) is 29.6 Å². The highest BCUT2D eigenvalue weighted by atomic mass is 79.9. The van der Waals surface area contributed by atoms with Crippen LogP contribution in [0.3, 0.4) is 0 Å². The van der Waals surface area contributed by atoms with Gasteiger partial charge in [-0.05, 0) is 63.8 Å². The quantitative estimate of drug-likeness (QED) is 0.763. The molecule has 2 nitrogen and oxygen atoms in total. The number of hydrogen-bond donors (Lipinski definition) is 1. The van der Waals surface area contributed by atoms with Gasteiger partial charge in [-0.2, -0.15) is 0 Å². The number of rotatable bonds is 8. The van der Waals surface area contributed by atoms with Gasteiger partial charge in [-0.25, -0.2) is 0 Å². The maximum atomic E-state index is 3.57. The second-order valence-electron chi connectivity index (χ2n) is 6.22. The van der Waals surface area contributed by atoms with Crippen molar-refractivity contribution in [2.45, 2.75) is 45.2 Å². The molecular weight excluding hydrogens is 312 g/mol. The van der Waals surface area contributed by atoms with Gasteiger partial charge < -0.3 is 10.2 Å². The Morgan fingerprint density at radius 3 is 2.65 bits per heavy atom. The van der Waals surface area contributed by atoms with E-state index < -0.39 is 0 Å². The zero-order valence-electron chi connectivity index (χ0n) is 12.9. The van der Waals surface area contributed by atoms with E-state index >= 15 is 0 Å². The topological polar surface area (TPSA) is 15.3 Å². The molecule has 0 bridgehead atoms. The van der Waals surface area contributed by atoms with Crippen molar-refractivity contribution in [3.05, 3.63) is 34.3 Å². The standard InChI is InChI=1S/C17H27BrN2/c1-13(2)20(12-14-7-8-14)10-9-17(19-3)15-5-4-6-16(18)11-15/h4-6,11,13-14,17,19H,7-10,12H2,1-3H3. The minimum atomic E-state index is 0.438. The minimum absolute atomic E-state index is 0.438. The maximum absolute atomic E-state index is 3.57. The molecule has 1 unspecified atom stereocenters. The summed E-state index contributed by atoms with van der Waals surface area (Å²) in [7, 11) is 2.06. The third kappa shape index (κ3) is 4.87. The molecule has 1 fully saturated rings. The Bertz CT molecular complexity index is 415. The van der Waals surface area contributed by atoms with Crippen molar-refractivity contribution in [3.63, 3.8) is 0 Å². The lowest BCUT2D eigenvalue weighted by molar-refractivity contribution is 0.202. The van der Waals surface area contributed by atoms with Crippen molar-refractivity contribution >= 4 is 15.9 Å². The highest BCUT2D eigenvalue weighted by Gasteiger charge is 2.25. The Morgan fingerprint density at radius 2 is 2.10 bits per heavy atom. The van der Waals surface area contributed by atoms with Crippen molar-refractivity contribution < 1.29 is 0 Å². The fraction of sp³-hybridized carbons (Fsp3) is 0.647. The van der Waals surface area contributed by atoms with Gasteiger partial charge in [-0.3, -0.25) is 0 Å². The van der Waals surface area contributed by atoms with Gasteiger partial charge in [0.1, 0.15) is 0 Å². The van der Waals surface area contributed by atoms with E-state index in [1.165, 1.54) is 31.5 Å². The minimum Gasteiger partial charge on any atom is -0.313 e. The summed E-state index contributed by atoms with van der Waals surface area (Å²) >= 11 is 3.57. The van der Waals surface area contributed by atoms with Crippen LogP contribution < -0.4 is 5.32 Å². The molecule has 3 heteroatoms. The van der Waals surface area contributed by atoms with Gasteiger partial charge in [0.15, 0.2) is 0 Å². The van der Waals surface area contributed by atoms with E-state index in [9.17, 15) is 0 Å². The maximum Gasteiger partial charge on any atom is 0.0330 e. The summed E-state index contributed by atoms with van der Waals surface area (Å²) in [5, 5.41) is 3.46. The lowest BCUT2D eigenvalue weighted by atomic mass is 10.0. The monoisotopic (exact) mass is 338 g/mol. The van der Waals surface area contributed by atoms with Crippen LogP contribution in [0, 0.1) is 5.92 Å². The Morgan fingerprint density at radius 1 is 1.35 bits per heavy atom. The first-order valence-electron chi connectivity index (χ1n) is 7.77. The molecule has 0 aliphatic heterocycles. The van der Waals surface area contributed by atoms with Gasteiger partial charge in [0.25, 0.3) is 0 Å². The molecule has 0 radical (unpaired) electrons. The summed E-state index contributed by atoms with van der Waals surface area (Å²) in [6, 6.07) is 9.73. The second kappa shape index (κ2) is 7.58. The Labute approximate surface area is 132 Å². The van der Waals surface area contributed by atoms with E-state index in [0.717, 1.165) is 16.8 Å². The van der Waals surface area contributed by atoms with Gasteiger partial charge in [-0.15, -0.1) is 0 Å². The van der Waals surface area contributed by atoms with Gasteiger partial charge in [0.2, 0.25) is 0 Å². The van der Waals surface area contributed by atoms with E-state index in [1.54, 1.807) is 0 Å². The van der Waals surface area contributed by atoms with E-state index in [-0.39, 0.29) is 0 Å². The van der Waals surface area contributed by atoms with Crippen LogP contribution in [-0.2, 0) is 0 Å². The average Bonchev–Trinajstić information content (AvgIpc) is 3.22. The molecule has 2 rings (SSSR count). The summed E-state index contributed by atoms with van der Waals surface area (Å²) < 4.78 is 1.16. The number of nitrogens with one attached hydrogen (secondary N) is 1. The summed E-state index contributed by atoms with van der Waals surface area (Å²) in [6.07, 6.45) is 4.03. The molecule has 1 aliphatic rings. The average molecular weight is 339 g/mol. The van der Waals surface area contributed by atoms with E-state index in [0.29, 0.717) is 12.1 Å². The van der Waals surface area contributed by atoms with Crippen LogP contribution in [0.25, 0.3) is 0 Å². The summed E-state index contributed by atoms with van der Waals surface area (Å²) in [6.45, 7) is 7.09. The van der Waals surface area contributed by atoms with Crippen LogP contribution in [0.15, 0.2) is 28.7 Å². The molecule has 0 saturated heterocycles. The normalized spacial score (nSPS) is 16.9. The van der Waals surface area contributed by atoms with Gasteiger partial charge in [-0.1, -0.05) is 28.1 Å². The Hall–Kier alpha value is -0.380. The van der Waals surface area contributed by atoms with Crippen LogP contribution >= 0.6 is 15.9 Å². The molecule has 0 heterocycles. The van der Waals surface area contributed by atoms with Gasteiger partial charge in [0.05, 0.1) is 0 Å². The Balaban J connectivity index is 1.91. The molecule has 0 spiro atoms. The zero-order chi connectivity index (χ0) is 14.5.